The van der Waals surface area contributed by atoms with Crippen LogP contribution in [0.2, 0.25) is 0 Å². The molecule has 1 saturated heterocycles. The number of hydrogen-bond donors (Lipinski definition) is 1. The molecule has 1 fully saturated rings. The third kappa shape index (κ3) is 2.97. The van der Waals surface area contributed by atoms with Crippen LogP contribution in [0.3, 0.4) is 0 Å². The first-order valence-electron chi connectivity index (χ1n) is 6.22. The highest BCUT2D eigenvalue weighted by molar-refractivity contribution is 5.85. The zero-order valence-electron chi connectivity index (χ0n) is 10.9. The van der Waals surface area contributed by atoms with E-state index < -0.39 is 11.5 Å². The average Bonchev–Trinajstić information content (AvgIpc) is 2.30. The van der Waals surface area contributed by atoms with E-state index in [-0.39, 0.29) is 5.91 Å². The number of aliphatic carboxylic acids is 1. The quantitative estimate of drug-likeness (QED) is 0.811. The van der Waals surface area contributed by atoms with Gasteiger partial charge in [0, 0.05) is 19.5 Å². The maximum atomic E-state index is 12.0. The van der Waals surface area contributed by atoms with Gasteiger partial charge in [0.1, 0.15) is 0 Å². The normalized spacial score (nSPS) is 17.8. The van der Waals surface area contributed by atoms with E-state index in [9.17, 15) is 14.7 Å². The van der Waals surface area contributed by atoms with Gasteiger partial charge in [-0.05, 0) is 26.7 Å². The van der Waals surface area contributed by atoms with Crippen LogP contribution < -0.4 is 0 Å². The third-order valence-electron chi connectivity index (χ3n) is 3.21. The van der Waals surface area contributed by atoms with Crippen LogP contribution in [0.4, 0.5) is 0 Å². The van der Waals surface area contributed by atoms with Crippen LogP contribution in [0.25, 0.3) is 0 Å². The molecule has 0 atom stereocenters. The Labute approximate surface area is 102 Å². The van der Waals surface area contributed by atoms with Crippen molar-refractivity contribution >= 4 is 11.9 Å². The molecule has 1 aliphatic heterocycles. The number of nitrogens with zero attached hydrogens (tertiary/aromatic N) is 2. The second-order valence-electron chi connectivity index (χ2n) is 4.94. The standard InChI is InChI=1S/C12H22N2O3/c1-4-10(15)14(12(2,3)11(16)17)13-8-6-5-7-9-13/h4-9H2,1-3H3,(H,16,17). The molecule has 0 spiro atoms. The Morgan fingerprint density at radius 1 is 1.24 bits per heavy atom. The minimum absolute atomic E-state index is 0.126. The van der Waals surface area contributed by atoms with Gasteiger partial charge in [-0.3, -0.25) is 9.80 Å². The molecule has 5 heteroatoms. The van der Waals surface area contributed by atoms with Crippen molar-refractivity contribution in [3.63, 3.8) is 0 Å². The van der Waals surface area contributed by atoms with E-state index in [4.69, 9.17) is 0 Å². The van der Waals surface area contributed by atoms with Crippen LogP contribution in [0.5, 0.6) is 0 Å². The van der Waals surface area contributed by atoms with Gasteiger partial charge in [0.05, 0.1) is 0 Å². The van der Waals surface area contributed by atoms with E-state index in [2.05, 4.69) is 0 Å². The smallest absolute Gasteiger partial charge is 0.330 e. The summed E-state index contributed by atoms with van der Waals surface area (Å²) in [7, 11) is 0. The number of carboxylic acids is 1. The topological polar surface area (TPSA) is 60.9 Å². The van der Waals surface area contributed by atoms with E-state index in [1.165, 1.54) is 5.01 Å². The Morgan fingerprint density at radius 3 is 2.18 bits per heavy atom. The highest BCUT2D eigenvalue weighted by Crippen LogP contribution is 2.22. The molecule has 0 aliphatic carbocycles. The second kappa shape index (κ2) is 5.49. The number of carboxylic acid groups (broad SMARTS) is 1. The van der Waals surface area contributed by atoms with E-state index in [1.807, 2.05) is 5.01 Å². The molecule has 1 N–H and O–H groups in total. The lowest BCUT2D eigenvalue weighted by molar-refractivity contribution is -0.181. The van der Waals surface area contributed by atoms with Gasteiger partial charge in [-0.15, -0.1) is 0 Å². The van der Waals surface area contributed by atoms with Crippen LogP contribution in [-0.2, 0) is 9.59 Å². The van der Waals surface area contributed by atoms with Crippen molar-refractivity contribution in [1.29, 1.82) is 0 Å². The van der Waals surface area contributed by atoms with Crippen LogP contribution in [0.15, 0.2) is 0 Å². The van der Waals surface area contributed by atoms with Crippen molar-refractivity contribution in [3.05, 3.63) is 0 Å². The fraction of sp³-hybridized carbons (Fsp3) is 0.833. The molecule has 98 valence electrons. The van der Waals surface area contributed by atoms with Gasteiger partial charge in [0.15, 0.2) is 5.54 Å². The average molecular weight is 242 g/mol. The van der Waals surface area contributed by atoms with Crippen LogP contribution in [0.1, 0.15) is 46.5 Å². The molecule has 1 heterocycles. The minimum Gasteiger partial charge on any atom is -0.479 e. The first kappa shape index (κ1) is 14.0. The largest absolute Gasteiger partial charge is 0.479 e. The molecule has 1 rings (SSSR count). The Bertz CT molecular complexity index is 296. The summed E-state index contributed by atoms with van der Waals surface area (Å²) in [6.45, 7) is 6.46. The molecule has 1 amide bonds. The summed E-state index contributed by atoms with van der Waals surface area (Å²) in [5.41, 5.74) is -1.18. The summed E-state index contributed by atoms with van der Waals surface area (Å²) in [6, 6.07) is 0. The lowest BCUT2D eigenvalue weighted by Crippen LogP contribution is -2.61. The van der Waals surface area contributed by atoms with Crippen molar-refractivity contribution in [3.8, 4) is 0 Å². The third-order valence-corrected chi connectivity index (χ3v) is 3.21. The molecular weight excluding hydrogens is 220 g/mol. The molecule has 0 saturated carbocycles. The first-order chi connectivity index (χ1) is 7.91. The van der Waals surface area contributed by atoms with Gasteiger partial charge in [-0.1, -0.05) is 13.3 Å². The lowest BCUT2D eigenvalue weighted by atomic mass is 10.0. The maximum Gasteiger partial charge on any atom is 0.330 e. The van der Waals surface area contributed by atoms with E-state index >= 15 is 0 Å². The number of hydrogen-bond acceptors (Lipinski definition) is 3. The fourth-order valence-electron chi connectivity index (χ4n) is 2.14. The summed E-state index contributed by atoms with van der Waals surface area (Å²) in [5, 5.41) is 12.6. The SMILES string of the molecule is CCC(=O)N(N1CCCCC1)C(C)(C)C(=O)O. The van der Waals surface area contributed by atoms with Crippen molar-refractivity contribution in [1.82, 2.24) is 10.0 Å². The minimum atomic E-state index is -1.18. The lowest BCUT2D eigenvalue weighted by Gasteiger charge is -2.44. The molecule has 0 aromatic carbocycles. The number of carbonyl (C=O) groups excluding carboxylic acids is 1. The van der Waals surface area contributed by atoms with Gasteiger partial charge in [-0.25, -0.2) is 9.80 Å². The van der Waals surface area contributed by atoms with Gasteiger partial charge in [0.25, 0.3) is 0 Å². The predicted molar refractivity (Wildman–Crippen MR) is 64.3 cm³/mol. The number of piperidine rings is 1. The number of amides is 1. The monoisotopic (exact) mass is 242 g/mol. The molecule has 0 aromatic heterocycles. The Morgan fingerprint density at radius 2 is 1.76 bits per heavy atom. The number of rotatable bonds is 4. The molecule has 0 bridgehead atoms. The van der Waals surface area contributed by atoms with E-state index in [1.54, 1.807) is 20.8 Å². The van der Waals surface area contributed by atoms with Crippen molar-refractivity contribution in [2.45, 2.75) is 52.0 Å². The zero-order chi connectivity index (χ0) is 13.1. The van der Waals surface area contributed by atoms with Crippen molar-refractivity contribution in [2.75, 3.05) is 13.1 Å². The Kier molecular flexibility index (Phi) is 4.51. The summed E-state index contributed by atoms with van der Waals surface area (Å²) in [4.78, 5) is 23.3. The van der Waals surface area contributed by atoms with E-state index in [0.29, 0.717) is 6.42 Å². The zero-order valence-corrected chi connectivity index (χ0v) is 10.9. The Hall–Kier alpha value is -1.10. The molecule has 17 heavy (non-hydrogen) atoms. The molecular formula is C12H22N2O3. The van der Waals surface area contributed by atoms with Crippen LogP contribution >= 0.6 is 0 Å². The Balaban J connectivity index is 2.94. The second-order valence-corrected chi connectivity index (χ2v) is 4.94. The van der Waals surface area contributed by atoms with Crippen molar-refractivity contribution in [2.24, 2.45) is 0 Å². The summed E-state index contributed by atoms with van der Waals surface area (Å²) in [5.74, 6) is -1.09. The molecule has 0 radical (unpaired) electrons. The number of carbonyl (C=O) groups is 2. The highest BCUT2D eigenvalue weighted by atomic mass is 16.4. The van der Waals surface area contributed by atoms with Gasteiger partial charge < -0.3 is 5.11 Å². The number of hydrazine groups is 1. The van der Waals surface area contributed by atoms with Gasteiger partial charge >= 0.3 is 5.97 Å². The maximum absolute atomic E-state index is 12.0. The molecule has 5 nitrogen and oxygen atoms in total. The summed E-state index contributed by atoms with van der Waals surface area (Å²) < 4.78 is 0. The van der Waals surface area contributed by atoms with Crippen LogP contribution in [-0.4, -0.2) is 45.6 Å². The predicted octanol–water partition coefficient (Wildman–Crippen LogP) is 1.49. The molecule has 1 aliphatic rings. The first-order valence-corrected chi connectivity index (χ1v) is 6.22. The fourth-order valence-corrected chi connectivity index (χ4v) is 2.14. The summed E-state index contributed by atoms with van der Waals surface area (Å²) in [6.07, 6.45) is 3.51. The van der Waals surface area contributed by atoms with Gasteiger partial charge in [-0.2, -0.15) is 0 Å². The highest BCUT2D eigenvalue weighted by Gasteiger charge is 2.41. The molecule has 0 unspecified atom stereocenters. The summed E-state index contributed by atoms with van der Waals surface area (Å²) >= 11 is 0. The van der Waals surface area contributed by atoms with Crippen molar-refractivity contribution < 1.29 is 14.7 Å². The van der Waals surface area contributed by atoms with Crippen LogP contribution in [0, 0.1) is 0 Å². The molecule has 0 aromatic rings. The van der Waals surface area contributed by atoms with Gasteiger partial charge in [0.2, 0.25) is 5.91 Å². The van der Waals surface area contributed by atoms with E-state index in [0.717, 1.165) is 32.4 Å².